The van der Waals surface area contributed by atoms with E-state index in [4.69, 9.17) is 0 Å². The molecule has 2 saturated heterocycles. The normalized spacial score (nSPS) is 27.2. The van der Waals surface area contributed by atoms with E-state index in [9.17, 15) is 4.79 Å². The summed E-state index contributed by atoms with van der Waals surface area (Å²) in [6.07, 6.45) is 6.27. The van der Waals surface area contributed by atoms with E-state index in [0.29, 0.717) is 5.69 Å². The van der Waals surface area contributed by atoms with Gasteiger partial charge in [-0.1, -0.05) is 0 Å². The summed E-state index contributed by atoms with van der Waals surface area (Å²) in [6, 6.07) is 4.33. The van der Waals surface area contributed by atoms with Crippen molar-refractivity contribution in [2.75, 3.05) is 25.9 Å². The van der Waals surface area contributed by atoms with Crippen LogP contribution < -0.4 is 5.32 Å². The first kappa shape index (κ1) is 14.5. The average Bonchev–Trinajstić information content (AvgIpc) is 3.09. The van der Waals surface area contributed by atoms with E-state index >= 15 is 0 Å². The van der Waals surface area contributed by atoms with Gasteiger partial charge < -0.3 is 10.2 Å². The summed E-state index contributed by atoms with van der Waals surface area (Å²) in [4.78, 5) is 19.3. The summed E-state index contributed by atoms with van der Waals surface area (Å²) >= 11 is 3.45. The van der Waals surface area contributed by atoms with Gasteiger partial charge in [0.25, 0.3) is 5.91 Å². The number of nitrogens with one attached hydrogen (secondary N) is 1. The Bertz CT molecular complexity index is 702. The highest BCUT2D eigenvalue weighted by atomic mass is 32.2. The van der Waals surface area contributed by atoms with Gasteiger partial charge >= 0.3 is 0 Å². The number of carbonyl (C=O) groups excluding carboxylic acids is 1. The summed E-state index contributed by atoms with van der Waals surface area (Å²) in [7, 11) is 0. The van der Waals surface area contributed by atoms with Crippen LogP contribution in [0.5, 0.6) is 0 Å². The Labute approximate surface area is 138 Å². The predicted octanol–water partition coefficient (Wildman–Crippen LogP) is 2.84. The van der Waals surface area contributed by atoms with Gasteiger partial charge in [-0.15, -0.1) is 23.1 Å². The quantitative estimate of drug-likeness (QED) is 0.878. The van der Waals surface area contributed by atoms with Gasteiger partial charge in [-0.2, -0.15) is 0 Å². The molecule has 4 nitrogen and oxygen atoms in total. The lowest BCUT2D eigenvalue weighted by Gasteiger charge is -2.30. The molecule has 4 rings (SSSR count). The van der Waals surface area contributed by atoms with Crippen LogP contribution >= 0.6 is 23.1 Å². The number of piperidine rings is 1. The summed E-state index contributed by atoms with van der Waals surface area (Å²) in [5.74, 6) is 0.726. The fourth-order valence-electron chi connectivity index (χ4n) is 3.56. The predicted molar refractivity (Wildman–Crippen MR) is 91.8 cm³/mol. The third-order valence-electron chi connectivity index (χ3n) is 4.61. The average molecular weight is 333 g/mol. The molecule has 0 spiro atoms. The molecule has 3 atom stereocenters. The Hall–Kier alpha value is -1.11. The van der Waals surface area contributed by atoms with Crippen LogP contribution in [0.25, 0.3) is 10.1 Å². The molecular formula is C16H19N3OS2. The van der Waals surface area contributed by atoms with Crippen LogP contribution in [-0.2, 0) is 0 Å². The van der Waals surface area contributed by atoms with Gasteiger partial charge in [0.2, 0.25) is 0 Å². The lowest BCUT2D eigenvalue weighted by molar-refractivity contribution is 0.0904. The number of hydrogen-bond donors (Lipinski definition) is 1. The van der Waals surface area contributed by atoms with Crippen LogP contribution in [0, 0.1) is 5.92 Å². The molecule has 2 aliphatic heterocycles. The molecular weight excluding hydrogens is 314 g/mol. The second-order valence-electron chi connectivity index (χ2n) is 6.20. The number of amides is 1. The number of pyridine rings is 1. The minimum absolute atomic E-state index is 0.0338. The zero-order valence-corrected chi connectivity index (χ0v) is 14.2. The number of fused-ring (bicyclic) bond motifs is 3. The SMILES string of the molecule is CSc1cc2cnc(C(=O)NC3CC4CCN(C4)C3)cc2s1. The van der Waals surface area contributed by atoms with E-state index in [1.54, 1.807) is 23.1 Å². The van der Waals surface area contributed by atoms with Crippen molar-refractivity contribution in [1.82, 2.24) is 15.2 Å². The van der Waals surface area contributed by atoms with Gasteiger partial charge in [-0.05, 0) is 43.7 Å². The van der Waals surface area contributed by atoms with E-state index < -0.39 is 0 Å². The van der Waals surface area contributed by atoms with Gasteiger partial charge in [-0.3, -0.25) is 9.78 Å². The van der Waals surface area contributed by atoms with Gasteiger partial charge in [0.15, 0.2) is 0 Å². The van der Waals surface area contributed by atoms with E-state index in [0.717, 1.165) is 29.0 Å². The van der Waals surface area contributed by atoms with Crippen molar-refractivity contribution >= 4 is 39.1 Å². The minimum atomic E-state index is -0.0338. The number of aromatic nitrogens is 1. The van der Waals surface area contributed by atoms with Crippen LogP contribution in [0.4, 0.5) is 0 Å². The first-order valence-electron chi connectivity index (χ1n) is 7.68. The highest BCUT2D eigenvalue weighted by Gasteiger charge is 2.33. The fraction of sp³-hybridized carbons (Fsp3) is 0.500. The fourth-order valence-corrected chi connectivity index (χ4v) is 5.21. The van der Waals surface area contributed by atoms with Crippen molar-refractivity contribution in [1.29, 1.82) is 0 Å². The molecule has 22 heavy (non-hydrogen) atoms. The van der Waals surface area contributed by atoms with E-state index in [1.807, 2.05) is 12.3 Å². The summed E-state index contributed by atoms with van der Waals surface area (Å²) in [5, 5.41) is 4.30. The van der Waals surface area contributed by atoms with E-state index in [-0.39, 0.29) is 11.9 Å². The molecule has 116 valence electrons. The summed E-state index contributed by atoms with van der Waals surface area (Å²) in [5.41, 5.74) is 0.537. The van der Waals surface area contributed by atoms with E-state index in [2.05, 4.69) is 27.5 Å². The molecule has 3 unspecified atom stereocenters. The highest BCUT2D eigenvalue weighted by Crippen LogP contribution is 2.31. The Morgan fingerprint density at radius 1 is 1.45 bits per heavy atom. The minimum Gasteiger partial charge on any atom is -0.347 e. The van der Waals surface area contributed by atoms with Crippen LogP contribution in [0.2, 0.25) is 0 Å². The van der Waals surface area contributed by atoms with Crippen molar-refractivity contribution < 1.29 is 4.79 Å². The maximum absolute atomic E-state index is 12.5. The standard InChI is InChI=1S/C16H19N3OS2/c1-21-15-5-11-7-17-13(6-14(11)22-15)16(20)18-12-4-10-2-3-19(8-10)9-12/h5-7,10,12H,2-4,8-9H2,1H3,(H,18,20). The lowest BCUT2D eigenvalue weighted by atomic mass is 9.97. The smallest absolute Gasteiger partial charge is 0.270 e. The molecule has 0 aliphatic carbocycles. The molecule has 2 fully saturated rings. The monoisotopic (exact) mass is 333 g/mol. The Kier molecular flexibility index (Phi) is 3.84. The summed E-state index contributed by atoms with van der Waals surface area (Å²) in [6.45, 7) is 3.39. The molecule has 0 aromatic carbocycles. The zero-order chi connectivity index (χ0) is 15.1. The summed E-state index contributed by atoms with van der Waals surface area (Å²) < 4.78 is 2.39. The second kappa shape index (κ2) is 5.83. The Morgan fingerprint density at radius 3 is 3.18 bits per heavy atom. The molecule has 0 saturated carbocycles. The van der Waals surface area contributed by atoms with Gasteiger partial charge in [0.05, 0.1) is 4.21 Å². The first-order valence-corrected chi connectivity index (χ1v) is 9.72. The second-order valence-corrected chi connectivity index (χ2v) is 8.39. The largest absolute Gasteiger partial charge is 0.347 e. The van der Waals surface area contributed by atoms with Crippen molar-refractivity contribution in [2.24, 2.45) is 5.92 Å². The van der Waals surface area contributed by atoms with Gasteiger partial charge in [0, 0.05) is 35.4 Å². The maximum atomic E-state index is 12.5. The van der Waals surface area contributed by atoms with Crippen molar-refractivity contribution in [2.45, 2.75) is 23.1 Å². The maximum Gasteiger partial charge on any atom is 0.270 e. The van der Waals surface area contributed by atoms with Crippen molar-refractivity contribution in [3.05, 3.63) is 24.0 Å². The van der Waals surface area contributed by atoms with Crippen LogP contribution in [0.15, 0.2) is 22.5 Å². The van der Waals surface area contributed by atoms with E-state index in [1.165, 1.54) is 23.7 Å². The molecule has 4 heterocycles. The lowest BCUT2D eigenvalue weighted by Crippen LogP contribution is -2.47. The van der Waals surface area contributed by atoms with Crippen molar-refractivity contribution in [3.8, 4) is 0 Å². The number of thioether (sulfide) groups is 1. The number of rotatable bonds is 3. The number of nitrogens with zero attached hydrogens (tertiary/aromatic N) is 2. The van der Waals surface area contributed by atoms with Crippen LogP contribution in [-0.4, -0.2) is 47.7 Å². The van der Waals surface area contributed by atoms with Crippen LogP contribution in [0.3, 0.4) is 0 Å². The van der Waals surface area contributed by atoms with Gasteiger partial charge in [-0.25, -0.2) is 0 Å². The molecule has 6 heteroatoms. The molecule has 2 aromatic rings. The Morgan fingerprint density at radius 2 is 2.36 bits per heavy atom. The van der Waals surface area contributed by atoms with Crippen LogP contribution in [0.1, 0.15) is 23.3 Å². The molecule has 1 N–H and O–H groups in total. The molecule has 2 aliphatic rings. The highest BCUT2D eigenvalue weighted by molar-refractivity contribution is 8.00. The molecule has 1 amide bonds. The number of thiophene rings is 1. The first-order chi connectivity index (χ1) is 10.7. The molecule has 2 bridgehead atoms. The van der Waals surface area contributed by atoms with Gasteiger partial charge in [0.1, 0.15) is 5.69 Å². The number of carbonyl (C=O) groups is 1. The van der Waals surface area contributed by atoms with Crippen molar-refractivity contribution in [3.63, 3.8) is 0 Å². The third kappa shape index (κ3) is 2.75. The molecule has 0 radical (unpaired) electrons. The number of hydrogen-bond acceptors (Lipinski definition) is 5. The Balaban J connectivity index is 1.50. The molecule has 2 aromatic heterocycles. The topological polar surface area (TPSA) is 45.2 Å². The third-order valence-corrected chi connectivity index (χ3v) is 6.78. The zero-order valence-electron chi connectivity index (χ0n) is 12.5.